The Morgan fingerprint density at radius 2 is 2.00 bits per heavy atom. The lowest BCUT2D eigenvalue weighted by Gasteiger charge is -2.36. The fraction of sp³-hybridized carbons (Fsp3) is 0.500. The minimum Gasteiger partial charge on any atom is -0.369 e. The van der Waals surface area contributed by atoms with Crippen molar-refractivity contribution in [3.63, 3.8) is 0 Å². The molecule has 0 spiro atoms. The summed E-state index contributed by atoms with van der Waals surface area (Å²) in [5, 5.41) is 0. The number of alkyl halides is 3. The highest BCUT2D eigenvalue weighted by atomic mass is 19.4. The van der Waals surface area contributed by atoms with E-state index < -0.39 is 29.6 Å². The van der Waals surface area contributed by atoms with Crippen molar-refractivity contribution in [3.05, 3.63) is 29.6 Å². The third-order valence-corrected chi connectivity index (χ3v) is 3.85. The summed E-state index contributed by atoms with van der Waals surface area (Å²) in [5.74, 6) is -1.35. The number of hydrogen-bond donors (Lipinski definition) is 1. The Bertz CT molecular complexity index is 572. The van der Waals surface area contributed by atoms with Gasteiger partial charge in [-0.1, -0.05) is 0 Å². The molecule has 1 aliphatic rings. The fourth-order valence-electron chi connectivity index (χ4n) is 2.48. The molecule has 2 N–H and O–H groups in total. The van der Waals surface area contributed by atoms with Gasteiger partial charge in [-0.25, -0.2) is 0 Å². The van der Waals surface area contributed by atoms with Crippen molar-refractivity contribution < 1.29 is 22.8 Å². The molecule has 0 aromatic carbocycles. The number of hydrogen-bond acceptors (Lipinski definition) is 3. The van der Waals surface area contributed by atoms with Gasteiger partial charge in [0.15, 0.2) is 0 Å². The summed E-state index contributed by atoms with van der Waals surface area (Å²) in [7, 11) is 0. The Hall–Kier alpha value is -2.12. The average molecular weight is 315 g/mol. The van der Waals surface area contributed by atoms with E-state index in [-0.39, 0.29) is 18.2 Å². The van der Waals surface area contributed by atoms with Crippen molar-refractivity contribution in [1.29, 1.82) is 0 Å². The smallest absolute Gasteiger partial charge is 0.369 e. The van der Waals surface area contributed by atoms with E-state index >= 15 is 0 Å². The molecule has 0 unspecified atom stereocenters. The number of carbonyl (C=O) groups is 2. The van der Waals surface area contributed by atoms with Gasteiger partial charge in [0.2, 0.25) is 5.91 Å². The van der Waals surface area contributed by atoms with E-state index in [9.17, 15) is 22.8 Å². The van der Waals surface area contributed by atoms with Crippen LogP contribution in [0.5, 0.6) is 0 Å². The minimum atomic E-state index is -4.54. The van der Waals surface area contributed by atoms with Gasteiger partial charge in [0.05, 0.1) is 11.5 Å². The topological polar surface area (TPSA) is 76.3 Å². The number of pyridine rings is 1. The maximum Gasteiger partial charge on any atom is 0.433 e. The molecule has 120 valence electrons. The normalized spacial score (nSPS) is 22.5. The highest BCUT2D eigenvalue weighted by molar-refractivity contribution is 5.94. The molecule has 1 aromatic rings. The van der Waals surface area contributed by atoms with Crippen LogP contribution in [0.15, 0.2) is 18.3 Å². The molecule has 0 radical (unpaired) electrons. The van der Waals surface area contributed by atoms with Crippen LogP contribution in [-0.4, -0.2) is 34.3 Å². The van der Waals surface area contributed by atoms with Gasteiger partial charge in [0, 0.05) is 18.8 Å². The van der Waals surface area contributed by atoms with Crippen LogP contribution < -0.4 is 5.73 Å². The number of likely N-dealkylation sites (tertiary alicyclic amines) is 1. The van der Waals surface area contributed by atoms with Crippen LogP contribution in [-0.2, 0) is 11.0 Å². The lowest BCUT2D eigenvalue weighted by Crippen LogP contribution is -2.48. The molecule has 1 aromatic heterocycles. The molecule has 0 saturated carbocycles. The first-order chi connectivity index (χ1) is 10.2. The Morgan fingerprint density at radius 3 is 2.50 bits per heavy atom. The zero-order chi connectivity index (χ0) is 16.5. The SMILES string of the molecule is C[C@@H]1CC[C@H](C(N)=O)CN1C(=O)c1ccc(C(F)(F)F)nc1. The molecular formula is C14H16F3N3O2. The second-order valence-corrected chi connectivity index (χ2v) is 5.41. The lowest BCUT2D eigenvalue weighted by molar-refractivity contribution is -0.141. The molecule has 8 heteroatoms. The molecule has 0 aliphatic carbocycles. The van der Waals surface area contributed by atoms with Gasteiger partial charge in [-0.2, -0.15) is 13.2 Å². The highest BCUT2D eigenvalue weighted by Crippen LogP contribution is 2.28. The van der Waals surface area contributed by atoms with Crippen molar-refractivity contribution in [3.8, 4) is 0 Å². The number of halogens is 3. The lowest BCUT2D eigenvalue weighted by atomic mass is 9.92. The Morgan fingerprint density at radius 1 is 1.32 bits per heavy atom. The number of primary amides is 1. The van der Waals surface area contributed by atoms with Gasteiger partial charge in [-0.15, -0.1) is 0 Å². The zero-order valence-corrected chi connectivity index (χ0v) is 11.9. The number of nitrogens with two attached hydrogens (primary N) is 1. The molecule has 2 rings (SSSR count). The number of rotatable bonds is 2. The highest BCUT2D eigenvalue weighted by Gasteiger charge is 2.34. The maximum absolute atomic E-state index is 12.5. The van der Waals surface area contributed by atoms with Gasteiger partial charge in [-0.05, 0) is 31.9 Å². The van der Waals surface area contributed by atoms with Gasteiger partial charge < -0.3 is 10.6 Å². The van der Waals surface area contributed by atoms with E-state index in [1.807, 2.05) is 6.92 Å². The van der Waals surface area contributed by atoms with Crippen molar-refractivity contribution in [2.75, 3.05) is 6.54 Å². The number of carbonyl (C=O) groups excluding carboxylic acids is 2. The summed E-state index contributed by atoms with van der Waals surface area (Å²) < 4.78 is 37.4. The third-order valence-electron chi connectivity index (χ3n) is 3.85. The van der Waals surface area contributed by atoms with Crippen LogP contribution >= 0.6 is 0 Å². The van der Waals surface area contributed by atoms with Crippen LogP contribution in [0.4, 0.5) is 13.2 Å². The van der Waals surface area contributed by atoms with Crippen LogP contribution in [0.25, 0.3) is 0 Å². The predicted octanol–water partition coefficient (Wildman–Crippen LogP) is 1.83. The van der Waals surface area contributed by atoms with E-state index in [1.165, 1.54) is 4.90 Å². The first kappa shape index (κ1) is 16.3. The summed E-state index contributed by atoms with van der Waals surface area (Å²) in [6.45, 7) is 2.00. The number of aromatic nitrogens is 1. The second kappa shape index (κ2) is 5.94. The fourth-order valence-corrected chi connectivity index (χ4v) is 2.48. The minimum absolute atomic E-state index is 0.0602. The molecule has 22 heavy (non-hydrogen) atoms. The summed E-state index contributed by atoms with van der Waals surface area (Å²) in [6.07, 6.45) is -2.41. The molecule has 0 bridgehead atoms. The van der Waals surface area contributed by atoms with Crippen molar-refractivity contribution in [1.82, 2.24) is 9.88 Å². The largest absolute Gasteiger partial charge is 0.433 e. The maximum atomic E-state index is 12.5. The van der Waals surface area contributed by atoms with Crippen LogP contribution in [0, 0.1) is 5.92 Å². The van der Waals surface area contributed by atoms with Gasteiger partial charge in [0.1, 0.15) is 5.69 Å². The Balaban J connectivity index is 2.17. The monoisotopic (exact) mass is 315 g/mol. The predicted molar refractivity (Wildman–Crippen MR) is 71.7 cm³/mol. The molecule has 1 aliphatic heterocycles. The van der Waals surface area contributed by atoms with Gasteiger partial charge in [0.25, 0.3) is 5.91 Å². The molecule has 2 heterocycles. The molecule has 2 atom stereocenters. The molecule has 1 saturated heterocycles. The van der Waals surface area contributed by atoms with E-state index in [0.29, 0.717) is 12.8 Å². The molecule has 1 fully saturated rings. The van der Waals surface area contributed by atoms with Crippen molar-refractivity contribution >= 4 is 11.8 Å². The van der Waals surface area contributed by atoms with Crippen LogP contribution in [0.2, 0.25) is 0 Å². The number of piperidine rings is 1. The third kappa shape index (κ3) is 3.37. The zero-order valence-electron chi connectivity index (χ0n) is 11.9. The standard InChI is InChI=1S/C14H16F3N3O2/c1-8-2-3-10(12(18)21)7-20(8)13(22)9-4-5-11(19-6-9)14(15,16)17/h4-6,8,10H,2-3,7H2,1H3,(H2,18,21)/t8-,10+/m1/s1. The average Bonchev–Trinajstić information content (AvgIpc) is 2.46. The summed E-state index contributed by atoms with van der Waals surface area (Å²) in [6, 6.07) is 1.76. The van der Waals surface area contributed by atoms with E-state index in [1.54, 1.807) is 0 Å². The summed E-state index contributed by atoms with van der Waals surface area (Å²) in [4.78, 5) is 28.4. The van der Waals surface area contributed by atoms with Crippen molar-refractivity contribution in [2.24, 2.45) is 11.7 Å². The van der Waals surface area contributed by atoms with Gasteiger partial charge in [-0.3, -0.25) is 14.6 Å². The number of nitrogens with zero attached hydrogens (tertiary/aromatic N) is 2. The number of amides is 2. The second-order valence-electron chi connectivity index (χ2n) is 5.41. The molecular weight excluding hydrogens is 299 g/mol. The van der Waals surface area contributed by atoms with Gasteiger partial charge >= 0.3 is 6.18 Å². The van der Waals surface area contributed by atoms with E-state index in [2.05, 4.69) is 4.98 Å². The molecule has 2 amide bonds. The summed E-state index contributed by atoms with van der Waals surface area (Å²) in [5.41, 5.74) is 4.28. The van der Waals surface area contributed by atoms with Crippen LogP contribution in [0.3, 0.4) is 0 Å². The summed E-state index contributed by atoms with van der Waals surface area (Å²) >= 11 is 0. The van der Waals surface area contributed by atoms with E-state index in [0.717, 1.165) is 18.3 Å². The molecule has 5 nitrogen and oxygen atoms in total. The van der Waals surface area contributed by atoms with Crippen molar-refractivity contribution in [2.45, 2.75) is 32.0 Å². The van der Waals surface area contributed by atoms with Crippen LogP contribution in [0.1, 0.15) is 35.8 Å². The Kier molecular flexibility index (Phi) is 4.39. The van der Waals surface area contributed by atoms with E-state index in [4.69, 9.17) is 5.73 Å². The quantitative estimate of drug-likeness (QED) is 0.904. The first-order valence-electron chi connectivity index (χ1n) is 6.83. The Labute approximate surface area is 125 Å². The first-order valence-corrected chi connectivity index (χ1v) is 6.83.